The van der Waals surface area contributed by atoms with Crippen LogP contribution in [-0.2, 0) is 0 Å². The topological polar surface area (TPSA) is 26.0 Å². The Balaban J connectivity index is 0.00000106. The van der Waals surface area contributed by atoms with Crippen LogP contribution in [0.4, 0.5) is 5.69 Å². The molecule has 110 valence electrons. The number of allylic oxidation sites excluding steroid dienone is 8. The predicted octanol–water partition coefficient (Wildman–Crippen LogP) is 5.78. The van der Waals surface area contributed by atoms with Gasteiger partial charge >= 0.3 is 0 Å². The van der Waals surface area contributed by atoms with Crippen molar-refractivity contribution in [2.24, 2.45) is 0 Å². The molecule has 0 fully saturated rings. The summed E-state index contributed by atoms with van der Waals surface area (Å²) in [6.07, 6.45) is 14.3. The van der Waals surface area contributed by atoms with Gasteiger partial charge in [-0.15, -0.1) is 0 Å². The van der Waals surface area contributed by atoms with Crippen molar-refractivity contribution in [2.45, 2.75) is 26.7 Å². The monoisotopic (exact) mass is 279 g/mol. The van der Waals surface area contributed by atoms with Gasteiger partial charge in [-0.3, -0.25) is 0 Å². The van der Waals surface area contributed by atoms with E-state index in [1.807, 2.05) is 38.1 Å². The number of anilines is 1. The number of hydrogen-bond acceptors (Lipinski definition) is 1. The van der Waals surface area contributed by atoms with Crippen molar-refractivity contribution in [2.75, 3.05) is 5.73 Å². The smallest absolute Gasteiger partial charge is 0.0400 e. The maximum absolute atomic E-state index is 6.16. The summed E-state index contributed by atoms with van der Waals surface area (Å²) in [6, 6.07) is 6.02. The van der Waals surface area contributed by atoms with E-state index in [9.17, 15) is 0 Å². The average Bonchev–Trinajstić information content (AvgIpc) is 2.55. The lowest BCUT2D eigenvalue weighted by molar-refractivity contribution is 1.04. The molecule has 0 bridgehead atoms. The summed E-state index contributed by atoms with van der Waals surface area (Å²) in [5.74, 6) is 0. The molecule has 0 radical (unpaired) electrons. The van der Waals surface area contributed by atoms with Gasteiger partial charge in [-0.25, -0.2) is 0 Å². The maximum atomic E-state index is 6.16. The second kappa shape index (κ2) is 8.80. The van der Waals surface area contributed by atoms with E-state index in [0.717, 1.165) is 35.2 Å². The Morgan fingerprint density at radius 3 is 2.52 bits per heavy atom. The molecule has 0 amide bonds. The maximum Gasteiger partial charge on any atom is 0.0400 e. The van der Waals surface area contributed by atoms with E-state index in [1.54, 1.807) is 6.08 Å². The second-order valence-corrected chi connectivity index (χ2v) is 4.47. The number of nitrogen functional groups attached to an aromatic ring is 1. The molecule has 2 N–H and O–H groups in total. The van der Waals surface area contributed by atoms with Gasteiger partial charge in [0.2, 0.25) is 0 Å². The minimum atomic E-state index is 0.769. The van der Waals surface area contributed by atoms with Gasteiger partial charge in [0, 0.05) is 11.3 Å². The molecule has 0 heterocycles. The summed E-state index contributed by atoms with van der Waals surface area (Å²) >= 11 is 0. The number of benzene rings is 1. The van der Waals surface area contributed by atoms with E-state index < -0.39 is 0 Å². The highest BCUT2D eigenvalue weighted by molar-refractivity contribution is 5.92. The summed E-state index contributed by atoms with van der Waals surface area (Å²) in [5, 5.41) is 0. The van der Waals surface area contributed by atoms with E-state index >= 15 is 0 Å². The van der Waals surface area contributed by atoms with Crippen LogP contribution in [0, 0.1) is 0 Å². The Morgan fingerprint density at radius 1 is 1.19 bits per heavy atom. The molecule has 1 nitrogen and oxygen atoms in total. The fourth-order valence-corrected chi connectivity index (χ4v) is 2.33. The van der Waals surface area contributed by atoms with E-state index in [4.69, 9.17) is 5.73 Å². The molecule has 1 aromatic rings. The third-order valence-corrected chi connectivity index (χ3v) is 3.21. The van der Waals surface area contributed by atoms with Crippen molar-refractivity contribution >= 4 is 16.8 Å². The summed E-state index contributed by atoms with van der Waals surface area (Å²) < 4.78 is 0. The zero-order valence-corrected chi connectivity index (χ0v) is 13.1. The highest BCUT2D eigenvalue weighted by atomic mass is 14.6. The quantitative estimate of drug-likeness (QED) is 0.548. The Kier molecular flexibility index (Phi) is 7.03. The molecular weight excluding hydrogens is 254 g/mol. The van der Waals surface area contributed by atoms with Crippen molar-refractivity contribution in [1.29, 1.82) is 0 Å². The van der Waals surface area contributed by atoms with Crippen LogP contribution < -0.4 is 5.73 Å². The minimum Gasteiger partial charge on any atom is -0.398 e. The van der Waals surface area contributed by atoms with E-state index in [1.165, 1.54) is 5.57 Å². The largest absolute Gasteiger partial charge is 0.398 e. The zero-order chi connectivity index (χ0) is 15.7. The van der Waals surface area contributed by atoms with Gasteiger partial charge in [-0.1, -0.05) is 75.6 Å². The van der Waals surface area contributed by atoms with Gasteiger partial charge in [0.15, 0.2) is 0 Å². The van der Waals surface area contributed by atoms with Crippen molar-refractivity contribution in [3.05, 3.63) is 78.9 Å². The fourth-order valence-electron chi connectivity index (χ4n) is 2.33. The first kappa shape index (κ1) is 16.8. The summed E-state index contributed by atoms with van der Waals surface area (Å²) in [4.78, 5) is 0. The van der Waals surface area contributed by atoms with Gasteiger partial charge in [0.1, 0.15) is 0 Å². The third-order valence-electron chi connectivity index (χ3n) is 3.21. The zero-order valence-electron chi connectivity index (χ0n) is 13.1. The van der Waals surface area contributed by atoms with Crippen LogP contribution in [0.2, 0.25) is 0 Å². The first-order valence-corrected chi connectivity index (χ1v) is 7.49. The third kappa shape index (κ3) is 4.09. The number of hydrogen-bond donors (Lipinski definition) is 1. The molecule has 1 aromatic carbocycles. The van der Waals surface area contributed by atoms with E-state index in [-0.39, 0.29) is 0 Å². The Hall–Kier alpha value is -2.28. The van der Waals surface area contributed by atoms with Crippen LogP contribution >= 0.6 is 0 Å². The molecule has 1 aliphatic rings. The number of rotatable bonds is 4. The predicted molar refractivity (Wildman–Crippen MR) is 96.9 cm³/mol. The molecular formula is C20H25N. The molecule has 0 spiro atoms. The highest BCUT2D eigenvalue weighted by Gasteiger charge is 2.12. The Labute approximate surface area is 128 Å². The molecule has 0 aromatic heterocycles. The lowest BCUT2D eigenvalue weighted by Crippen LogP contribution is -1.99. The minimum absolute atomic E-state index is 0.769. The van der Waals surface area contributed by atoms with Gasteiger partial charge in [-0.2, -0.15) is 0 Å². The normalized spacial score (nSPS) is 13.8. The summed E-state index contributed by atoms with van der Waals surface area (Å²) in [7, 11) is 0. The molecule has 1 heteroatoms. The van der Waals surface area contributed by atoms with Crippen LogP contribution in [0.15, 0.2) is 67.8 Å². The molecule has 0 atom stereocenters. The fraction of sp³-hybridized carbons (Fsp3) is 0.200. The SMILES string of the molecule is C=C/C=C(\C=C)c1c(N)cccc1C1=CCCC=C1.CC. The first-order valence-electron chi connectivity index (χ1n) is 7.49. The molecule has 2 rings (SSSR count). The van der Waals surface area contributed by atoms with Crippen LogP contribution in [0.5, 0.6) is 0 Å². The molecule has 0 saturated carbocycles. The van der Waals surface area contributed by atoms with Crippen molar-refractivity contribution in [1.82, 2.24) is 0 Å². The van der Waals surface area contributed by atoms with E-state index in [0.29, 0.717) is 0 Å². The van der Waals surface area contributed by atoms with Crippen LogP contribution in [0.3, 0.4) is 0 Å². The van der Waals surface area contributed by atoms with Gasteiger partial charge in [0.05, 0.1) is 0 Å². The summed E-state index contributed by atoms with van der Waals surface area (Å²) in [5.41, 5.74) is 11.4. The molecule has 0 saturated heterocycles. The molecule has 21 heavy (non-hydrogen) atoms. The molecule has 1 aliphatic carbocycles. The molecule has 0 aliphatic heterocycles. The van der Waals surface area contributed by atoms with Crippen LogP contribution in [0.25, 0.3) is 11.1 Å². The van der Waals surface area contributed by atoms with E-state index in [2.05, 4.69) is 37.5 Å². The Morgan fingerprint density at radius 2 is 1.95 bits per heavy atom. The van der Waals surface area contributed by atoms with Crippen molar-refractivity contribution in [3.8, 4) is 0 Å². The Bertz CT molecular complexity index is 586. The van der Waals surface area contributed by atoms with Gasteiger partial charge in [-0.05, 0) is 35.6 Å². The molecule has 0 unspecified atom stereocenters. The van der Waals surface area contributed by atoms with Gasteiger partial charge in [0.25, 0.3) is 0 Å². The van der Waals surface area contributed by atoms with Crippen LogP contribution in [-0.4, -0.2) is 0 Å². The highest BCUT2D eigenvalue weighted by Crippen LogP contribution is 2.33. The van der Waals surface area contributed by atoms with Crippen molar-refractivity contribution in [3.63, 3.8) is 0 Å². The number of nitrogens with two attached hydrogens (primary N) is 1. The van der Waals surface area contributed by atoms with Crippen LogP contribution in [0.1, 0.15) is 37.8 Å². The lowest BCUT2D eigenvalue weighted by atomic mass is 9.90. The average molecular weight is 279 g/mol. The summed E-state index contributed by atoms with van der Waals surface area (Å²) in [6.45, 7) is 11.6. The second-order valence-electron chi connectivity index (χ2n) is 4.47. The van der Waals surface area contributed by atoms with Gasteiger partial charge < -0.3 is 5.73 Å². The lowest BCUT2D eigenvalue weighted by Gasteiger charge is -2.15. The standard InChI is InChI=1S/C18H19N.C2H6/c1-3-9-14(4-2)18-16(12-8-13-17(18)19)15-10-6-5-7-11-15;1-2/h3-4,6,8-13H,1-2,5,7,19H2;1-2H3/b14-9+;. The van der Waals surface area contributed by atoms with Crippen molar-refractivity contribution < 1.29 is 0 Å². The first-order chi connectivity index (χ1) is 10.3.